The molecule has 3 nitrogen and oxygen atoms in total. The summed E-state index contributed by atoms with van der Waals surface area (Å²) in [6.07, 6.45) is 1.96. The molecule has 0 aliphatic carbocycles. The summed E-state index contributed by atoms with van der Waals surface area (Å²) in [5.74, 6) is 1.06. The molecule has 0 aliphatic rings. The van der Waals surface area contributed by atoms with Gasteiger partial charge in [0.05, 0.1) is 5.75 Å². The lowest BCUT2D eigenvalue weighted by Gasteiger charge is -2.19. The van der Waals surface area contributed by atoms with Crippen molar-refractivity contribution in [1.82, 2.24) is 5.32 Å². The van der Waals surface area contributed by atoms with Crippen molar-refractivity contribution in [3.8, 4) is 0 Å². The molecule has 0 bridgehead atoms. The second kappa shape index (κ2) is 8.15. The van der Waals surface area contributed by atoms with Crippen molar-refractivity contribution in [3.63, 3.8) is 0 Å². The van der Waals surface area contributed by atoms with Crippen LogP contribution in [0.15, 0.2) is 28.7 Å². The monoisotopic (exact) mass is 361 g/mol. The van der Waals surface area contributed by atoms with Crippen molar-refractivity contribution in [2.45, 2.75) is 26.2 Å². The number of hydrogen-bond acceptors (Lipinski definition) is 3. The van der Waals surface area contributed by atoms with E-state index in [1.165, 1.54) is 11.8 Å². The van der Waals surface area contributed by atoms with E-state index in [4.69, 9.17) is 0 Å². The van der Waals surface area contributed by atoms with Crippen molar-refractivity contribution in [1.29, 1.82) is 0 Å². The number of halogens is 1. The first-order valence-electron chi connectivity index (χ1n) is 6.92. The van der Waals surface area contributed by atoms with Gasteiger partial charge in [0.1, 0.15) is 9.84 Å². The van der Waals surface area contributed by atoms with Crippen molar-refractivity contribution >= 4 is 25.8 Å². The van der Waals surface area contributed by atoms with E-state index < -0.39 is 9.84 Å². The smallest absolute Gasteiger partial charge is 0.147 e. The largest absolute Gasteiger partial charge is 0.316 e. The minimum Gasteiger partial charge on any atom is -0.316 e. The Hall–Kier alpha value is -0.390. The van der Waals surface area contributed by atoms with Gasteiger partial charge in [0.15, 0.2) is 0 Å². The molecule has 20 heavy (non-hydrogen) atoms. The molecule has 0 radical (unpaired) electrons. The first kappa shape index (κ1) is 17.7. The highest BCUT2D eigenvalue weighted by Crippen LogP contribution is 2.22. The first-order chi connectivity index (χ1) is 9.28. The van der Waals surface area contributed by atoms with E-state index in [1.807, 2.05) is 12.1 Å². The van der Waals surface area contributed by atoms with Crippen LogP contribution in [0.4, 0.5) is 0 Å². The molecule has 0 spiro atoms. The molecule has 1 N–H and O–H groups in total. The van der Waals surface area contributed by atoms with E-state index in [-0.39, 0.29) is 11.7 Å². The Labute approximate surface area is 131 Å². The second-order valence-corrected chi connectivity index (χ2v) is 8.89. The quantitative estimate of drug-likeness (QED) is 0.773. The van der Waals surface area contributed by atoms with Crippen LogP contribution in [-0.2, 0) is 9.84 Å². The highest BCUT2D eigenvalue weighted by molar-refractivity contribution is 9.10. The number of hydrogen-bond donors (Lipinski definition) is 1. The maximum absolute atomic E-state index is 11.4. The van der Waals surface area contributed by atoms with Gasteiger partial charge in [-0.15, -0.1) is 0 Å². The molecule has 1 atom stereocenters. The lowest BCUT2D eigenvalue weighted by atomic mass is 9.96. The summed E-state index contributed by atoms with van der Waals surface area (Å²) in [5.41, 5.74) is 1.19. The molecule has 5 heteroatoms. The van der Waals surface area contributed by atoms with Gasteiger partial charge in [0.25, 0.3) is 0 Å². The lowest BCUT2D eigenvalue weighted by molar-refractivity contribution is 0.507. The zero-order valence-corrected chi connectivity index (χ0v) is 14.8. The van der Waals surface area contributed by atoms with Gasteiger partial charge in [-0.3, -0.25) is 0 Å². The zero-order chi connectivity index (χ0) is 15.2. The second-order valence-electron chi connectivity index (χ2n) is 5.72. The van der Waals surface area contributed by atoms with Gasteiger partial charge >= 0.3 is 0 Å². The third-order valence-corrected chi connectivity index (χ3v) is 4.63. The van der Waals surface area contributed by atoms with Gasteiger partial charge in [-0.05, 0) is 42.5 Å². The van der Waals surface area contributed by atoms with E-state index in [0.29, 0.717) is 12.3 Å². The summed E-state index contributed by atoms with van der Waals surface area (Å²) in [7, 11) is -2.91. The van der Waals surface area contributed by atoms with Crippen LogP contribution in [0.1, 0.15) is 31.7 Å². The third kappa shape index (κ3) is 7.41. The van der Waals surface area contributed by atoms with Crippen LogP contribution in [0.25, 0.3) is 0 Å². The molecule has 0 heterocycles. The molecule has 0 fully saturated rings. The number of nitrogens with one attached hydrogen (secondary N) is 1. The Morgan fingerprint density at radius 2 is 1.75 bits per heavy atom. The highest BCUT2D eigenvalue weighted by Gasteiger charge is 2.14. The normalized spacial score (nSPS) is 13.7. The molecule has 0 aliphatic heterocycles. The average molecular weight is 362 g/mol. The summed E-state index contributed by atoms with van der Waals surface area (Å²) >= 11 is 3.43. The molecule has 0 aromatic heterocycles. The van der Waals surface area contributed by atoms with E-state index in [0.717, 1.165) is 17.6 Å². The number of rotatable bonds is 8. The van der Waals surface area contributed by atoms with Gasteiger partial charge in [-0.25, -0.2) is 8.42 Å². The molecule has 1 unspecified atom stereocenters. The van der Waals surface area contributed by atoms with Crippen LogP contribution in [0.2, 0.25) is 0 Å². The summed E-state index contributed by atoms with van der Waals surface area (Å²) in [4.78, 5) is 0. The molecule has 114 valence electrons. The van der Waals surface area contributed by atoms with Gasteiger partial charge in [-0.1, -0.05) is 41.9 Å². The van der Waals surface area contributed by atoms with Crippen molar-refractivity contribution in [2.75, 3.05) is 25.1 Å². The topological polar surface area (TPSA) is 46.2 Å². The van der Waals surface area contributed by atoms with Gasteiger partial charge in [0.2, 0.25) is 0 Å². The van der Waals surface area contributed by atoms with Crippen LogP contribution >= 0.6 is 15.9 Å². The Morgan fingerprint density at radius 1 is 1.15 bits per heavy atom. The number of sulfone groups is 1. The predicted octanol–water partition coefficient (Wildman–Crippen LogP) is 3.21. The maximum Gasteiger partial charge on any atom is 0.147 e. The van der Waals surface area contributed by atoms with Crippen LogP contribution in [0, 0.1) is 5.92 Å². The maximum atomic E-state index is 11.4. The highest BCUT2D eigenvalue weighted by atomic mass is 79.9. The Morgan fingerprint density at radius 3 is 2.25 bits per heavy atom. The van der Waals surface area contributed by atoms with Gasteiger partial charge < -0.3 is 5.32 Å². The molecule has 0 amide bonds. The fourth-order valence-electron chi connectivity index (χ4n) is 2.02. The third-order valence-electron chi connectivity index (χ3n) is 3.12. The molecule has 1 rings (SSSR count). The van der Waals surface area contributed by atoms with E-state index in [2.05, 4.69) is 47.2 Å². The lowest BCUT2D eigenvalue weighted by Crippen LogP contribution is -2.26. The van der Waals surface area contributed by atoms with Crippen molar-refractivity contribution in [2.24, 2.45) is 5.92 Å². The van der Waals surface area contributed by atoms with Crippen molar-refractivity contribution in [3.05, 3.63) is 34.3 Å². The summed E-state index contributed by atoms with van der Waals surface area (Å²) < 4.78 is 23.8. The van der Waals surface area contributed by atoms with E-state index in [1.54, 1.807) is 0 Å². The van der Waals surface area contributed by atoms with Crippen LogP contribution in [0.3, 0.4) is 0 Å². The fraction of sp³-hybridized carbons (Fsp3) is 0.600. The predicted molar refractivity (Wildman–Crippen MR) is 88.9 cm³/mol. The molecular formula is C15H24BrNO2S. The Bertz CT molecular complexity index is 497. The van der Waals surface area contributed by atoms with Crippen molar-refractivity contribution < 1.29 is 8.42 Å². The minimum atomic E-state index is -2.91. The number of benzene rings is 1. The van der Waals surface area contributed by atoms with Gasteiger partial charge in [0, 0.05) is 17.3 Å². The minimum absolute atomic E-state index is 0.233. The van der Waals surface area contributed by atoms with Gasteiger partial charge in [-0.2, -0.15) is 0 Å². The summed E-state index contributed by atoms with van der Waals surface area (Å²) in [6, 6.07) is 8.14. The van der Waals surface area contributed by atoms with Crippen LogP contribution < -0.4 is 5.32 Å². The first-order valence-corrected chi connectivity index (χ1v) is 9.77. The van der Waals surface area contributed by atoms with E-state index >= 15 is 0 Å². The van der Waals surface area contributed by atoms with E-state index in [9.17, 15) is 8.42 Å². The SMILES string of the molecule is CC(C)CNCC(CCS(C)(=O)=O)c1ccc(Br)cc1. The Balaban J connectivity index is 2.70. The summed E-state index contributed by atoms with van der Waals surface area (Å²) in [6.45, 7) is 6.09. The molecular weight excluding hydrogens is 338 g/mol. The van der Waals surface area contributed by atoms with Crippen LogP contribution in [-0.4, -0.2) is 33.5 Å². The fourth-order valence-corrected chi connectivity index (χ4v) is 3.00. The Kier molecular flexibility index (Phi) is 7.20. The molecule has 1 aromatic rings. The average Bonchev–Trinajstić information content (AvgIpc) is 2.33. The molecule has 0 saturated carbocycles. The molecule has 0 saturated heterocycles. The summed E-state index contributed by atoms with van der Waals surface area (Å²) in [5, 5.41) is 3.43. The van der Waals surface area contributed by atoms with Crippen LogP contribution in [0.5, 0.6) is 0 Å². The standard InChI is InChI=1S/C15H24BrNO2S/c1-12(2)10-17-11-14(8-9-20(3,18)19)13-4-6-15(16)7-5-13/h4-7,12,14,17H,8-11H2,1-3H3. The zero-order valence-electron chi connectivity index (χ0n) is 12.4. The molecule has 1 aromatic carbocycles.